The first kappa shape index (κ1) is 15.4. The maximum Gasteiger partial charge on any atom is 0.245 e. The molecule has 8 heteroatoms. The summed E-state index contributed by atoms with van der Waals surface area (Å²) in [6.45, 7) is 0.794. The number of pyridine rings is 1. The van der Waals surface area contributed by atoms with Crippen LogP contribution in [0.5, 0.6) is 5.88 Å². The van der Waals surface area contributed by atoms with E-state index in [1.807, 2.05) is 0 Å². The first-order chi connectivity index (χ1) is 8.51. The van der Waals surface area contributed by atoms with Crippen molar-refractivity contribution in [3.05, 3.63) is 16.7 Å². The fourth-order valence-electron chi connectivity index (χ4n) is 1.25. The van der Waals surface area contributed by atoms with E-state index in [2.05, 4.69) is 25.6 Å². The van der Waals surface area contributed by atoms with E-state index in [0.717, 1.165) is 0 Å². The molecule has 0 bridgehead atoms. The summed E-state index contributed by atoms with van der Waals surface area (Å²) in [5.41, 5.74) is 0. The van der Waals surface area contributed by atoms with E-state index >= 15 is 0 Å². The quantitative estimate of drug-likeness (QED) is 0.755. The normalized spacial score (nSPS) is 11.5. The highest BCUT2D eigenvalue weighted by Crippen LogP contribution is 2.24. The Morgan fingerprint density at radius 1 is 1.44 bits per heavy atom. The van der Waals surface area contributed by atoms with Gasteiger partial charge < -0.3 is 9.47 Å². The van der Waals surface area contributed by atoms with Crippen LogP contribution in [-0.4, -0.2) is 40.8 Å². The molecule has 0 aromatic carbocycles. The van der Waals surface area contributed by atoms with E-state index < -0.39 is 10.0 Å². The van der Waals surface area contributed by atoms with E-state index in [1.54, 1.807) is 7.11 Å². The third-order valence-corrected chi connectivity index (χ3v) is 3.97. The number of methoxy groups -OCH3 is 2. The predicted molar refractivity (Wildman–Crippen MR) is 70.2 cm³/mol. The highest BCUT2D eigenvalue weighted by atomic mass is 79.9. The SMILES string of the molecule is COCCCNS(=O)(=O)c1cc(Br)cnc1OC. The summed E-state index contributed by atoms with van der Waals surface area (Å²) in [6.07, 6.45) is 2.07. The van der Waals surface area contributed by atoms with Gasteiger partial charge in [-0.3, -0.25) is 0 Å². The molecule has 102 valence electrons. The van der Waals surface area contributed by atoms with Crippen molar-refractivity contribution in [3.8, 4) is 5.88 Å². The molecule has 1 aromatic rings. The molecule has 0 aliphatic carbocycles. The van der Waals surface area contributed by atoms with Crippen LogP contribution in [0.25, 0.3) is 0 Å². The van der Waals surface area contributed by atoms with Crippen molar-refractivity contribution in [2.45, 2.75) is 11.3 Å². The number of rotatable bonds is 7. The third kappa shape index (κ3) is 4.20. The van der Waals surface area contributed by atoms with Crippen LogP contribution in [0.15, 0.2) is 21.6 Å². The Labute approximate surface area is 115 Å². The van der Waals surface area contributed by atoms with Crippen LogP contribution in [-0.2, 0) is 14.8 Å². The largest absolute Gasteiger partial charge is 0.480 e. The Bertz CT molecular complexity index is 493. The summed E-state index contributed by atoms with van der Waals surface area (Å²) in [5, 5.41) is 0. The molecule has 0 saturated carbocycles. The van der Waals surface area contributed by atoms with Crippen molar-refractivity contribution in [2.24, 2.45) is 0 Å². The zero-order valence-electron chi connectivity index (χ0n) is 10.1. The molecular formula is C10H15BrN2O4S. The standard InChI is InChI=1S/C10H15BrN2O4S/c1-16-5-3-4-13-18(14,15)9-6-8(11)7-12-10(9)17-2/h6-7,13H,3-5H2,1-2H3. The molecule has 0 radical (unpaired) electrons. The van der Waals surface area contributed by atoms with Crippen molar-refractivity contribution in [2.75, 3.05) is 27.4 Å². The Morgan fingerprint density at radius 2 is 2.17 bits per heavy atom. The molecule has 0 spiro atoms. The zero-order valence-corrected chi connectivity index (χ0v) is 12.5. The van der Waals surface area contributed by atoms with Crippen molar-refractivity contribution in [3.63, 3.8) is 0 Å². The molecule has 1 rings (SSSR count). The minimum atomic E-state index is -3.63. The third-order valence-electron chi connectivity index (χ3n) is 2.09. The van der Waals surface area contributed by atoms with Crippen molar-refractivity contribution in [1.82, 2.24) is 9.71 Å². The molecule has 0 aliphatic heterocycles. The molecule has 1 heterocycles. The van der Waals surface area contributed by atoms with E-state index in [9.17, 15) is 8.42 Å². The molecule has 0 atom stereocenters. The molecule has 18 heavy (non-hydrogen) atoms. The van der Waals surface area contributed by atoms with E-state index in [0.29, 0.717) is 24.0 Å². The number of nitrogens with one attached hydrogen (secondary N) is 1. The molecular weight excluding hydrogens is 324 g/mol. The van der Waals surface area contributed by atoms with Crippen molar-refractivity contribution < 1.29 is 17.9 Å². The smallest absolute Gasteiger partial charge is 0.245 e. The minimum Gasteiger partial charge on any atom is -0.480 e. The number of aromatic nitrogens is 1. The Hall–Kier alpha value is -0.700. The lowest BCUT2D eigenvalue weighted by molar-refractivity contribution is 0.196. The maximum absolute atomic E-state index is 12.0. The lowest BCUT2D eigenvalue weighted by Crippen LogP contribution is -2.26. The summed E-state index contributed by atoms with van der Waals surface area (Å²) in [5.74, 6) is 0.0671. The molecule has 0 aliphatic rings. The van der Waals surface area contributed by atoms with Gasteiger partial charge in [0, 0.05) is 30.9 Å². The second kappa shape index (κ2) is 7.03. The fourth-order valence-corrected chi connectivity index (χ4v) is 2.95. The number of nitrogens with zero attached hydrogens (tertiary/aromatic N) is 1. The highest BCUT2D eigenvalue weighted by molar-refractivity contribution is 9.10. The van der Waals surface area contributed by atoms with Gasteiger partial charge in [0.25, 0.3) is 0 Å². The summed E-state index contributed by atoms with van der Waals surface area (Å²) in [7, 11) is -0.689. The number of hydrogen-bond donors (Lipinski definition) is 1. The first-order valence-electron chi connectivity index (χ1n) is 5.19. The van der Waals surface area contributed by atoms with Gasteiger partial charge in [0.15, 0.2) is 0 Å². The van der Waals surface area contributed by atoms with Gasteiger partial charge in [0.05, 0.1) is 7.11 Å². The van der Waals surface area contributed by atoms with Crippen LogP contribution < -0.4 is 9.46 Å². The summed E-state index contributed by atoms with van der Waals surface area (Å²) < 4.78 is 36.9. The van der Waals surface area contributed by atoms with Gasteiger partial charge in [-0.2, -0.15) is 0 Å². The second-order valence-electron chi connectivity index (χ2n) is 3.41. The summed E-state index contributed by atoms with van der Waals surface area (Å²) in [4.78, 5) is 3.91. The van der Waals surface area contributed by atoms with Crippen LogP contribution >= 0.6 is 15.9 Å². The Morgan fingerprint density at radius 3 is 2.78 bits per heavy atom. The van der Waals surface area contributed by atoms with Gasteiger partial charge in [0.2, 0.25) is 15.9 Å². The van der Waals surface area contributed by atoms with Crippen LogP contribution in [0.1, 0.15) is 6.42 Å². The minimum absolute atomic E-state index is 0.0109. The van der Waals surface area contributed by atoms with Crippen LogP contribution in [0, 0.1) is 0 Å². The van der Waals surface area contributed by atoms with E-state index in [1.165, 1.54) is 19.4 Å². The van der Waals surface area contributed by atoms with Crippen LogP contribution in [0.3, 0.4) is 0 Å². The van der Waals surface area contributed by atoms with Gasteiger partial charge in [-0.25, -0.2) is 18.1 Å². The average Bonchev–Trinajstić information content (AvgIpc) is 2.35. The second-order valence-corrected chi connectivity index (χ2v) is 6.06. The topological polar surface area (TPSA) is 77.5 Å². The molecule has 1 N–H and O–H groups in total. The highest BCUT2D eigenvalue weighted by Gasteiger charge is 2.20. The molecule has 1 aromatic heterocycles. The monoisotopic (exact) mass is 338 g/mol. The average molecular weight is 339 g/mol. The van der Waals surface area contributed by atoms with Gasteiger partial charge in [0.1, 0.15) is 4.90 Å². The molecule has 0 fully saturated rings. The maximum atomic E-state index is 12.0. The Balaban J connectivity index is 2.87. The van der Waals surface area contributed by atoms with Crippen molar-refractivity contribution >= 4 is 26.0 Å². The van der Waals surface area contributed by atoms with E-state index in [-0.39, 0.29) is 10.8 Å². The van der Waals surface area contributed by atoms with Gasteiger partial charge in [-0.05, 0) is 28.4 Å². The summed E-state index contributed by atoms with van der Waals surface area (Å²) >= 11 is 3.18. The van der Waals surface area contributed by atoms with Crippen molar-refractivity contribution in [1.29, 1.82) is 0 Å². The molecule has 0 amide bonds. The van der Waals surface area contributed by atoms with Gasteiger partial charge in [-0.15, -0.1) is 0 Å². The molecule has 0 unspecified atom stereocenters. The zero-order chi connectivity index (χ0) is 13.6. The number of sulfonamides is 1. The van der Waals surface area contributed by atoms with Gasteiger partial charge in [-0.1, -0.05) is 0 Å². The van der Waals surface area contributed by atoms with Gasteiger partial charge >= 0.3 is 0 Å². The fraction of sp³-hybridized carbons (Fsp3) is 0.500. The Kier molecular flexibility index (Phi) is 6.00. The number of hydrogen-bond acceptors (Lipinski definition) is 5. The molecule has 6 nitrogen and oxygen atoms in total. The lowest BCUT2D eigenvalue weighted by atomic mass is 10.5. The summed E-state index contributed by atoms with van der Waals surface area (Å²) in [6, 6.07) is 1.45. The van der Waals surface area contributed by atoms with E-state index in [4.69, 9.17) is 9.47 Å². The number of ether oxygens (including phenoxy) is 2. The first-order valence-corrected chi connectivity index (χ1v) is 7.47. The van der Waals surface area contributed by atoms with Crippen LogP contribution in [0.4, 0.5) is 0 Å². The van der Waals surface area contributed by atoms with Crippen LogP contribution in [0.2, 0.25) is 0 Å². The lowest BCUT2D eigenvalue weighted by Gasteiger charge is -2.09. The predicted octanol–water partition coefficient (Wildman–Crippen LogP) is 1.17. The molecule has 0 saturated heterocycles. The number of halogens is 1.